The van der Waals surface area contributed by atoms with Crippen LogP contribution in [0.3, 0.4) is 0 Å². The Morgan fingerprint density at radius 1 is 1.28 bits per heavy atom. The Labute approximate surface area is 146 Å². The van der Waals surface area contributed by atoms with Crippen molar-refractivity contribution in [1.82, 2.24) is 10.3 Å². The van der Waals surface area contributed by atoms with E-state index in [0.717, 1.165) is 17.7 Å². The number of halogens is 1. The van der Waals surface area contributed by atoms with Gasteiger partial charge in [0.1, 0.15) is 5.82 Å². The molecule has 0 unspecified atom stereocenters. The molecule has 1 N–H and O–H groups in total. The van der Waals surface area contributed by atoms with Crippen LogP contribution in [0, 0.1) is 11.7 Å². The highest BCUT2D eigenvalue weighted by Gasteiger charge is 2.22. The molecule has 1 aromatic carbocycles. The normalized spacial score (nSPS) is 13.8. The summed E-state index contributed by atoms with van der Waals surface area (Å²) < 4.78 is 18.5. The topological polar surface area (TPSA) is 51.2 Å². The number of carbonyl (C=O) groups excluding carboxylic acids is 1. The van der Waals surface area contributed by atoms with Crippen LogP contribution in [0.5, 0.6) is 5.88 Å². The van der Waals surface area contributed by atoms with Gasteiger partial charge < -0.3 is 10.1 Å². The van der Waals surface area contributed by atoms with Crippen molar-refractivity contribution in [2.75, 3.05) is 6.61 Å². The summed E-state index contributed by atoms with van der Waals surface area (Å²) in [6.45, 7) is 1.16. The van der Waals surface area contributed by atoms with Crippen LogP contribution < -0.4 is 10.1 Å². The maximum atomic E-state index is 12.8. The average molecular weight is 340 g/mol. The van der Waals surface area contributed by atoms with Gasteiger partial charge in [0.2, 0.25) is 11.8 Å². The van der Waals surface area contributed by atoms with Crippen molar-refractivity contribution in [3.63, 3.8) is 0 Å². The number of hydrogen-bond donors (Lipinski definition) is 1. The molecular formula is C20H21FN2O2. The van der Waals surface area contributed by atoms with Gasteiger partial charge in [0, 0.05) is 25.2 Å². The molecule has 1 fully saturated rings. The van der Waals surface area contributed by atoms with Crippen molar-refractivity contribution in [2.45, 2.75) is 25.8 Å². The van der Waals surface area contributed by atoms with Crippen molar-refractivity contribution in [2.24, 2.45) is 5.92 Å². The van der Waals surface area contributed by atoms with E-state index < -0.39 is 0 Å². The van der Waals surface area contributed by atoms with Crippen molar-refractivity contribution >= 4 is 12.0 Å². The summed E-state index contributed by atoms with van der Waals surface area (Å²) in [5, 5.41) is 2.87. The molecule has 0 radical (unpaired) electrons. The van der Waals surface area contributed by atoms with E-state index in [4.69, 9.17) is 4.74 Å². The molecule has 3 rings (SSSR count). The van der Waals surface area contributed by atoms with Crippen LogP contribution in [0.15, 0.2) is 48.7 Å². The highest BCUT2D eigenvalue weighted by atomic mass is 19.1. The number of ether oxygens (including phenoxy) is 1. The zero-order valence-corrected chi connectivity index (χ0v) is 14.0. The second-order valence-electron chi connectivity index (χ2n) is 6.19. The number of nitrogens with one attached hydrogen (secondary N) is 1. The van der Waals surface area contributed by atoms with E-state index >= 15 is 0 Å². The third-order valence-corrected chi connectivity index (χ3v) is 3.94. The Morgan fingerprint density at radius 3 is 2.84 bits per heavy atom. The summed E-state index contributed by atoms with van der Waals surface area (Å²) >= 11 is 0. The lowest BCUT2D eigenvalue weighted by molar-refractivity contribution is -0.120. The SMILES string of the molecule is O=C(C/C=C/c1ccc(F)cc1)NCc1ccnc(OCC2CC2)c1. The molecule has 0 atom stereocenters. The van der Waals surface area contributed by atoms with E-state index in [1.807, 2.05) is 12.1 Å². The van der Waals surface area contributed by atoms with Gasteiger partial charge in [0.25, 0.3) is 0 Å². The van der Waals surface area contributed by atoms with Crippen molar-refractivity contribution in [3.05, 3.63) is 65.6 Å². The van der Waals surface area contributed by atoms with Crippen LogP contribution in [0.4, 0.5) is 4.39 Å². The minimum absolute atomic E-state index is 0.0735. The summed E-state index contributed by atoms with van der Waals surface area (Å²) in [5.41, 5.74) is 1.82. The lowest BCUT2D eigenvalue weighted by Crippen LogP contribution is -2.21. The molecule has 25 heavy (non-hydrogen) atoms. The van der Waals surface area contributed by atoms with Gasteiger partial charge in [-0.05, 0) is 48.1 Å². The highest BCUT2D eigenvalue weighted by molar-refractivity contribution is 5.78. The van der Waals surface area contributed by atoms with E-state index in [0.29, 0.717) is 18.3 Å². The maximum Gasteiger partial charge on any atom is 0.224 e. The van der Waals surface area contributed by atoms with Gasteiger partial charge in [-0.1, -0.05) is 24.3 Å². The number of rotatable bonds is 8. The van der Waals surface area contributed by atoms with Gasteiger partial charge in [-0.2, -0.15) is 0 Å². The molecule has 0 spiro atoms. The van der Waals surface area contributed by atoms with Gasteiger partial charge in [-0.25, -0.2) is 9.37 Å². The fourth-order valence-corrected chi connectivity index (χ4v) is 2.28. The third kappa shape index (κ3) is 6.03. The fraction of sp³-hybridized carbons (Fsp3) is 0.300. The highest BCUT2D eigenvalue weighted by Crippen LogP contribution is 2.29. The zero-order valence-electron chi connectivity index (χ0n) is 14.0. The summed E-state index contributed by atoms with van der Waals surface area (Å²) in [7, 11) is 0. The van der Waals surface area contributed by atoms with Crippen molar-refractivity contribution in [1.29, 1.82) is 0 Å². The lowest BCUT2D eigenvalue weighted by Gasteiger charge is -2.07. The molecule has 1 aliphatic rings. The Bertz CT molecular complexity index is 740. The second kappa shape index (κ2) is 8.42. The molecule has 5 heteroatoms. The van der Waals surface area contributed by atoms with Gasteiger partial charge in [-0.15, -0.1) is 0 Å². The number of hydrogen-bond acceptors (Lipinski definition) is 3. The number of amides is 1. The monoisotopic (exact) mass is 340 g/mol. The molecule has 130 valence electrons. The van der Waals surface area contributed by atoms with Crippen LogP contribution in [0.2, 0.25) is 0 Å². The third-order valence-electron chi connectivity index (χ3n) is 3.94. The largest absolute Gasteiger partial charge is 0.477 e. The molecule has 4 nitrogen and oxygen atoms in total. The molecule has 1 amide bonds. The Kier molecular flexibility index (Phi) is 5.77. The number of pyridine rings is 1. The molecule has 1 saturated carbocycles. The molecule has 0 saturated heterocycles. The first-order valence-electron chi connectivity index (χ1n) is 8.45. The maximum absolute atomic E-state index is 12.8. The zero-order chi connectivity index (χ0) is 17.5. The first-order chi connectivity index (χ1) is 12.2. The van der Waals surface area contributed by atoms with Crippen LogP contribution in [-0.4, -0.2) is 17.5 Å². The Morgan fingerprint density at radius 2 is 2.08 bits per heavy atom. The van der Waals surface area contributed by atoms with Crippen LogP contribution in [0.25, 0.3) is 6.08 Å². The molecule has 2 aromatic rings. The van der Waals surface area contributed by atoms with Crippen LogP contribution in [-0.2, 0) is 11.3 Å². The summed E-state index contributed by atoms with van der Waals surface area (Å²) in [4.78, 5) is 16.1. The minimum atomic E-state index is -0.271. The molecule has 0 bridgehead atoms. The molecule has 0 aliphatic heterocycles. The van der Waals surface area contributed by atoms with Gasteiger partial charge >= 0.3 is 0 Å². The minimum Gasteiger partial charge on any atom is -0.477 e. The van der Waals surface area contributed by atoms with Crippen molar-refractivity contribution < 1.29 is 13.9 Å². The quantitative estimate of drug-likeness (QED) is 0.797. The summed E-state index contributed by atoms with van der Waals surface area (Å²) in [6.07, 6.45) is 8.00. The molecule has 1 aromatic heterocycles. The van der Waals surface area contributed by atoms with Gasteiger partial charge in [0.15, 0.2) is 0 Å². The second-order valence-corrected chi connectivity index (χ2v) is 6.19. The first kappa shape index (κ1) is 17.1. The lowest BCUT2D eigenvalue weighted by atomic mass is 10.2. The average Bonchev–Trinajstić information content (AvgIpc) is 3.45. The smallest absolute Gasteiger partial charge is 0.224 e. The number of carbonyl (C=O) groups is 1. The molecule has 1 aliphatic carbocycles. The van der Waals surface area contributed by atoms with E-state index in [1.165, 1.54) is 25.0 Å². The summed E-state index contributed by atoms with van der Waals surface area (Å²) in [5.74, 6) is 0.941. The van der Waals surface area contributed by atoms with E-state index in [9.17, 15) is 9.18 Å². The number of nitrogens with zero attached hydrogens (tertiary/aromatic N) is 1. The van der Waals surface area contributed by atoms with Gasteiger partial charge in [0.05, 0.1) is 6.61 Å². The van der Waals surface area contributed by atoms with E-state index in [1.54, 1.807) is 30.5 Å². The van der Waals surface area contributed by atoms with Crippen molar-refractivity contribution in [3.8, 4) is 5.88 Å². The Hall–Kier alpha value is -2.69. The predicted octanol–water partition coefficient (Wildman–Crippen LogP) is 3.73. The number of aromatic nitrogens is 1. The first-order valence-corrected chi connectivity index (χ1v) is 8.45. The molecular weight excluding hydrogens is 319 g/mol. The Balaban J connectivity index is 1.42. The van der Waals surface area contributed by atoms with E-state index in [-0.39, 0.29) is 18.1 Å². The predicted molar refractivity (Wildman–Crippen MR) is 94.4 cm³/mol. The van der Waals surface area contributed by atoms with E-state index in [2.05, 4.69) is 10.3 Å². The molecule has 1 heterocycles. The summed E-state index contributed by atoms with van der Waals surface area (Å²) in [6, 6.07) is 9.85. The van der Waals surface area contributed by atoms with Crippen LogP contribution in [0.1, 0.15) is 30.4 Å². The fourth-order valence-electron chi connectivity index (χ4n) is 2.28. The standard InChI is InChI=1S/C20H21FN2O2/c21-18-8-6-15(7-9-18)2-1-3-19(24)23-13-17-10-11-22-20(12-17)25-14-16-4-5-16/h1-2,6-12,16H,3-5,13-14H2,(H,23,24)/b2-1+. The van der Waals surface area contributed by atoms with Gasteiger partial charge in [-0.3, -0.25) is 4.79 Å². The van der Waals surface area contributed by atoms with Crippen LogP contribution >= 0.6 is 0 Å². The number of benzene rings is 1.